The van der Waals surface area contributed by atoms with Crippen LogP contribution < -0.4 is 10.6 Å². The van der Waals surface area contributed by atoms with Crippen LogP contribution in [0.2, 0.25) is 0 Å². The Morgan fingerprint density at radius 2 is 2.05 bits per heavy atom. The van der Waals surface area contributed by atoms with E-state index in [0.29, 0.717) is 13.1 Å². The molecule has 2 N–H and O–H groups in total. The van der Waals surface area contributed by atoms with Gasteiger partial charge in [-0.25, -0.2) is 4.39 Å². The second-order valence-corrected chi connectivity index (χ2v) is 5.63. The zero-order chi connectivity index (χ0) is 14.4. The second-order valence-electron chi connectivity index (χ2n) is 5.63. The maximum atomic E-state index is 12.4. The summed E-state index contributed by atoms with van der Waals surface area (Å²) >= 11 is 0. The highest BCUT2D eigenvalue weighted by Gasteiger charge is 2.30. The Morgan fingerprint density at radius 1 is 1.33 bits per heavy atom. The Labute approximate surface area is 131 Å². The number of nitrogens with one attached hydrogen (secondary N) is 2. The van der Waals surface area contributed by atoms with E-state index in [1.54, 1.807) is 0 Å². The number of amides is 2. The van der Waals surface area contributed by atoms with Crippen molar-refractivity contribution in [3.63, 3.8) is 0 Å². The lowest BCUT2D eigenvalue weighted by molar-refractivity contribution is -0.138. The number of alkyl halides is 1. The summed E-state index contributed by atoms with van der Waals surface area (Å²) in [4.78, 5) is 25.5. The minimum absolute atomic E-state index is 0. The topological polar surface area (TPSA) is 61.4 Å². The van der Waals surface area contributed by atoms with E-state index in [1.807, 2.05) is 0 Å². The van der Waals surface area contributed by atoms with Gasteiger partial charge in [-0.3, -0.25) is 9.59 Å². The molecular formula is C14H25ClFN3O2. The molecule has 2 fully saturated rings. The third-order valence-electron chi connectivity index (χ3n) is 4.10. The van der Waals surface area contributed by atoms with Crippen molar-refractivity contribution in [2.24, 2.45) is 0 Å². The van der Waals surface area contributed by atoms with Crippen molar-refractivity contribution in [2.45, 2.75) is 50.6 Å². The van der Waals surface area contributed by atoms with Gasteiger partial charge in [-0.15, -0.1) is 12.4 Å². The van der Waals surface area contributed by atoms with E-state index >= 15 is 0 Å². The van der Waals surface area contributed by atoms with Crippen LogP contribution in [0, 0.1) is 0 Å². The lowest BCUT2D eigenvalue weighted by Crippen LogP contribution is -2.57. The summed E-state index contributed by atoms with van der Waals surface area (Å²) in [7, 11) is 0. The monoisotopic (exact) mass is 321 g/mol. The molecule has 0 aromatic carbocycles. The van der Waals surface area contributed by atoms with Crippen LogP contribution in [0.25, 0.3) is 0 Å². The number of carbonyl (C=O) groups excluding carboxylic acids is 2. The van der Waals surface area contributed by atoms with Crippen LogP contribution in [0.4, 0.5) is 4.39 Å². The Morgan fingerprint density at radius 3 is 2.71 bits per heavy atom. The molecule has 7 heteroatoms. The van der Waals surface area contributed by atoms with Crippen LogP contribution in [0.3, 0.4) is 0 Å². The summed E-state index contributed by atoms with van der Waals surface area (Å²) in [5.41, 5.74) is 0. The molecule has 5 nitrogen and oxygen atoms in total. The maximum Gasteiger partial charge on any atom is 0.240 e. The molecule has 0 aromatic rings. The number of hydrogen-bond donors (Lipinski definition) is 2. The molecule has 1 saturated heterocycles. The zero-order valence-corrected chi connectivity index (χ0v) is 13.1. The molecule has 1 heterocycles. The second kappa shape index (κ2) is 9.20. The fourth-order valence-electron chi connectivity index (χ4n) is 2.99. The van der Waals surface area contributed by atoms with Crippen LogP contribution in [-0.4, -0.2) is 55.1 Å². The highest BCUT2D eigenvalue weighted by molar-refractivity contribution is 5.89. The number of nitrogens with zero attached hydrogens (tertiary/aromatic N) is 1. The van der Waals surface area contributed by atoms with Crippen molar-refractivity contribution >= 4 is 24.2 Å². The van der Waals surface area contributed by atoms with Crippen molar-refractivity contribution in [2.75, 3.05) is 26.3 Å². The number of piperazine rings is 1. The fourth-order valence-corrected chi connectivity index (χ4v) is 2.99. The van der Waals surface area contributed by atoms with Gasteiger partial charge in [-0.1, -0.05) is 19.3 Å². The van der Waals surface area contributed by atoms with Crippen molar-refractivity contribution in [3.05, 3.63) is 0 Å². The Balaban J connectivity index is 0.00000220. The predicted molar refractivity (Wildman–Crippen MR) is 81.2 cm³/mol. The molecule has 122 valence electrons. The smallest absolute Gasteiger partial charge is 0.240 e. The van der Waals surface area contributed by atoms with E-state index in [4.69, 9.17) is 0 Å². The SMILES string of the molecule is Cl.O=C(CC1NCCN(CCF)C1=O)NC1CCCCC1. The molecule has 1 aliphatic heterocycles. The third-order valence-corrected chi connectivity index (χ3v) is 4.10. The lowest BCUT2D eigenvalue weighted by atomic mass is 9.95. The van der Waals surface area contributed by atoms with Crippen LogP contribution in [0.5, 0.6) is 0 Å². The van der Waals surface area contributed by atoms with E-state index in [0.717, 1.165) is 25.7 Å². The van der Waals surface area contributed by atoms with Gasteiger partial charge in [0.2, 0.25) is 11.8 Å². The largest absolute Gasteiger partial charge is 0.353 e. The Bertz CT molecular complexity index is 349. The molecule has 1 aliphatic carbocycles. The van der Waals surface area contributed by atoms with E-state index in [9.17, 15) is 14.0 Å². The highest BCUT2D eigenvalue weighted by atomic mass is 35.5. The van der Waals surface area contributed by atoms with E-state index in [-0.39, 0.29) is 43.2 Å². The first-order chi connectivity index (χ1) is 9.70. The van der Waals surface area contributed by atoms with Crippen LogP contribution in [-0.2, 0) is 9.59 Å². The van der Waals surface area contributed by atoms with Gasteiger partial charge in [0.05, 0.1) is 12.5 Å². The van der Waals surface area contributed by atoms with Crippen molar-refractivity contribution in [1.82, 2.24) is 15.5 Å². The Hall–Kier alpha value is -0.880. The van der Waals surface area contributed by atoms with Gasteiger partial charge < -0.3 is 15.5 Å². The van der Waals surface area contributed by atoms with Gasteiger partial charge in [0, 0.05) is 25.7 Å². The molecule has 2 rings (SSSR count). The minimum atomic E-state index is -0.535. The van der Waals surface area contributed by atoms with Gasteiger partial charge in [-0.05, 0) is 12.8 Å². The molecule has 1 atom stereocenters. The number of hydrogen-bond acceptors (Lipinski definition) is 3. The summed E-state index contributed by atoms with van der Waals surface area (Å²) in [5, 5.41) is 6.06. The van der Waals surface area contributed by atoms with Crippen LogP contribution in [0.1, 0.15) is 38.5 Å². The molecule has 0 bridgehead atoms. The quantitative estimate of drug-likeness (QED) is 0.794. The molecule has 1 unspecified atom stereocenters. The molecule has 0 aromatic heterocycles. The van der Waals surface area contributed by atoms with Crippen molar-refractivity contribution in [1.29, 1.82) is 0 Å². The highest BCUT2D eigenvalue weighted by Crippen LogP contribution is 2.17. The molecule has 2 amide bonds. The summed E-state index contributed by atoms with van der Waals surface area (Å²) in [6.07, 6.45) is 5.79. The van der Waals surface area contributed by atoms with E-state index in [1.165, 1.54) is 11.3 Å². The first-order valence-corrected chi connectivity index (χ1v) is 7.58. The molecular weight excluding hydrogens is 297 g/mol. The normalized spacial score (nSPS) is 23.6. The molecule has 0 spiro atoms. The van der Waals surface area contributed by atoms with Gasteiger partial charge >= 0.3 is 0 Å². The first kappa shape index (κ1) is 18.2. The standard InChI is InChI=1S/C14H24FN3O2.ClH/c15-6-8-18-9-7-16-12(14(18)20)10-13(19)17-11-4-2-1-3-5-11;/h11-12,16H,1-10H2,(H,17,19);1H. The molecule has 0 radical (unpaired) electrons. The zero-order valence-electron chi connectivity index (χ0n) is 12.3. The first-order valence-electron chi connectivity index (χ1n) is 7.58. The number of carbonyl (C=O) groups is 2. The summed E-state index contributed by atoms with van der Waals surface area (Å²) in [5.74, 6) is -0.238. The average Bonchev–Trinajstić information content (AvgIpc) is 2.44. The molecule has 21 heavy (non-hydrogen) atoms. The molecule has 1 saturated carbocycles. The molecule has 2 aliphatic rings. The van der Waals surface area contributed by atoms with Crippen LogP contribution >= 0.6 is 12.4 Å². The van der Waals surface area contributed by atoms with E-state index < -0.39 is 12.7 Å². The number of rotatable bonds is 5. The van der Waals surface area contributed by atoms with Gasteiger partial charge in [-0.2, -0.15) is 0 Å². The fraction of sp³-hybridized carbons (Fsp3) is 0.857. The summed E-state index contributed by atoms with van der Waals surface area (Å²) in [6.45, 7) is 0.727. The van der Waals surface area contributed by atoms with Crippen molar-refractivity contribution < 1.29 is 14.0 Å². The number of halogens is 2. The maximum absolute atomic E-state index is 12.4. The average molecular weight is 322 g/mol. The lowest BCUT2D eigenvalue weighted by Gasteiger charge is -2.32. The summed E-state index contributed by atoms with van der Waals surface area (Å²) in [6, 6.07) is -0.240. The Kier molecular flexibility index (Phi) is 7.96. The van der Waals surface area contributed by atoms with Crippen molar-refractivity contribution in [3.8, 4) is 0 Å². The summed E-state index contributed by atoms with van der Waals surface area (Å²) < 4.78 is 12.4. The predicted octanol–water partition coefficient (Wildman–Crippen LogP) is 1.02. The third kappa shape index (κ3) is 5.43. The van der Waals surface area contributed by atoms with Crippen LogP contribution in [0.15, 0.2) is 0 Å². The van der Waals surface area contributed by atoms with Gasteiger partial charge in [0.25, 0.3) is 0 Å². The van der Waals surface area contributed by atoms with Gasteiger partial charge in [0.15, 0.2) is 0 Å². The van der Waals surface area contributed by atoms with E-state index in [2.05, 4.69) is 10.6 Å². The van der Waals surface area contributed by atoms with Gasteiger partial charge in [0.1, 0.15) is 6.67 Å². The minimum Gasteiger partial charge on any atom is -0.353 e.